The van der Waals surface area contributed by atoms with Crippen molar-refractivity contribution in [3.8, 4) is 17.9 Å². The van der Waals surface area contributed by atoms with Crippen molar-refractivity contribution in [1.29, 1.82) is 5.26 Å². The second-order valence-electron chi connectivity index (χ2n) is 5.94. The summed E-state index contributed by atoms with van der Waals surface area (Å²) in [6.07, 6.45) is -1.73. The summed E-state index contributed by atoms with van der Waals surface area (Å²) in [5, 5.41) is 11.5. The number of nitrogens with zero attached hydrogens (tertiary/aromatic N) is 3. The average molecular weight is 465 g/mol. The summed E-state index contributed by atoms with van der Waals surface area (Å²) in [6.45, 7) is 0.961. The lowest BCUT2D eigenvalue weighted by molar-refractivity contribution is 0.103. The number of anilines is 1. The minimum absolute atomic E-state index is 0.0362. The van der Waals surface area contributed by atoms with Gasteiger partial charge >= 0.3 is 0 Å². The number of carbonyl (C=O) groups excluding carboxylic acids is 1. The maximum Gasteiger partial charge on any atom is 0.268 e. The third kappa shape index (κ3) is 5.10. The number of hydrogen-bond acceptors (Lipinski definition) is 6. The van der Waals surface area contributed by atoms with Crippen LogP contribution in [0.2, 0.25) is 4.34 Å². The Morgan fingerprint density at radius 2 is 2.10 bits per heavy atom. The highest BCUT2D eigenvalue weighted by molar-refractivity contribution is 7.18. The number of rotatable bonds is 4. The molecule has 152 valence electrons. The van der Waals surface area contributed by atoms with Gasteiger partial charge in [0, 0.05) is 6.20 Å². The lowest BCUT2D eigenvalue weighted by Crippen LogP contribution is -2.26. The van der Waals surface area contributed by atoms with Crippen LogP contribution in [0.15, 0.2) is 29.2 Å². The average Bonchev–Trinajstić information content (AvgIpc) is 3.27. The quantitative estimate of drug-likeness (QED) is 0.588. The maximum atomic E-state index is 12.7. The van der Waals surface area contributed by atoms with E-state index in [0.717, 1.165) is 34.2 Å². The Hall–Kier alpha value is -3.05. The molecule has 0 aliphatic heterocycles. The van der Waals surface area contributed by atoms with E-state index in [1.165, 1.54) is 17.6 Å². The molecule has 11 heteroatoms. The van der Waals surface area contributed by atoms with Gasteiger partial charge in [0.15, 0.2) is 0 Å². The van der Waals surface area contributed by atoms with Crippen LogP contribution < -0.4 is 10.9 Å². The first-order chi connectivity index (χ1) is 14.3. The van der Waals surface area contributed by atoms with E-state index < -0.39 is 24.4 Å². The fourth-order valence-electron chi connectivity index (χ4n) is 2.38. The van der Waals surface area contributed by atoms with E-state index in [9.17, 15) is 18.4 Å². The predicted octanol–water partition coefficient (Wildman–Crippen LogP) is 4.12. The number of amides is 1. The van der Waals surface area contributed by atoms with Crippen molar-refractivity contribution in [2.75, 3.05) is 5.32 Å². The zero-order valence-corrected chi connectivity index (χ0v) is 17.6. The summed E-state index contributed by atoms with van der Waals surface area (Å²) >= 11 is 8.41. The molecule has 0 aliphatic carbocycles. The first-order valence-electron chi connectivity index (χ1n) is 8.25. The molecule has 0 aliphatic rings. The Bertz CT molecular complexity index is 1280. The summed E-state index contributed by atoms with van der Waals surface area (Å²) in [4.78, 5) is 25.5. The molecule has 3 heterocycles. The van der Waals surface area contributed by atoms with E-state index in [-0.39, 0.29) is 16.1 Å². The van der Waals surface area contributed by atoms with Gasteiger partial charge in [-0.3, -0.25) is 9.59 Å². The van der Waals surface area contributed by atoms with E-state index in [0.29, 0.717) is 14.5 Å². The molecular formula is C19H11ClF2N4O2S2. The smallest absolute Gasteiger partial charge is 0.268 e. The summed E-state index contributed by atoms with van der Waals surface area (Å²) in [5.41, 5.74) is 0.132. The first-order valence-corrected chi connectivity index (χ1v) is 10.2. The molecule has 30 heavy (non-hydrogen) atoms. The number of aryl methyl sites for hydroxylation is 1. The van der Waals surface area contributed by atoms with Crippen LogP contribution in [0.4, 0.5) is 14.5 Å². The molecule has 0 fully saturated rings. The molecule has 3 rings (SSSR count). The molecule has 0 radical (unpaired) electrons. The number of nitrogens with one attached hydrogen (secondary N) is 1. The van der Waals surface area contributed by atoms with Crippen molar-refractivity contribution >= 4 is 46.1 Å². The fourth-order valence-corrected chi connectivity index (χ4v) is 4.08. The monoisotopic (exact) mass is 464 g/mol. The van der Waals surface area contributed by atoms with Gasteiger partial charge in [0.1, 0.15) is 16.0 Å². The number of nitriles is 1. The summed E-state index contributed by atoms with van der Waals surface area (Å²) < 4.78 is 30.5. The van der Waals surface area contributed by atoms with Crippen molar-refractivity contribution in [2.24, 2.45) is 0 Å². The standard InChI is InChI=1S/C19H11ClF2N4O2S2/c1-10-4-14(30-25-10)3-2-11-6-15(29-17(11)20)18(27)24-13-5-12(7-23)19(28)26(8-13)9-16(21)22/h4-6,8,16H,9H2,1H3,(H,24,27). The van der Waals surface area contributed by atoms with Gasteiger partial charge in [0.2, 0.25) is 0 Å². The minimum Gasteiger partial charge on any atom is -0.320 e. The van der Waals surface area contributed by atoms with Crippen molar-refractivity contribution in [3.05, 3.63) is 65.7 Å². The van der Waals surface area contributed by atoms with Crippen molar-refractivity contribution in [1.82, 2.24) is 8.94 Å². The second-order valence-corrected chi connectivity index (χ2v) is 8.40. The summed E-state index contributed by atoms with van der Waals surface area (Å²) in [5.74, 6) is 5.23. The third-order valence-electron chi connectivity index (χ3n) is 3.66. The number of carbonyl (C=O) groups is 1. The van der Waals surface area contributed by atoms with Crippen LogP contribution in [0.5, 0.6) is 0 Å². The van der Waals surface area contributed by atoms with E-state index in [2.05, 4.69) is 21.5 Å². The van der Waals surface area contributed by atoms with Gasteiger partial charge in [-0.25, -0.2) is 8.78 Å². The van der Waals surface area contributed by atoms with Gasteiger partial charge in [-0.2, -0.15) is 9.64 Å². The molecule has 6 nitrogen and oxygen atoms in total. The van der Waals surface area contributed by atoms with Crippen LogP contribution in [-0.2, 0) is 6.54 Å². The van der Waals surface area contributed by atoms with Gasteiger partial charge in [-0.15, -0.1) is 11.3 Å². The maximum absolute atomic E-state index is 12.7. The highest BCUT2D eigenvalue weighted by Gasteiger charge is 2.16. The van der Waals surface area contributed by atoms with Gasteiger partial charge in [-0.1, -0.05) is 17.5 Å². The van der Waals surface area contributed by atoms with Gasteiger partial charge in [-0.05, 0) is 42.6 Å². The lowest BCUT2D eigenvalue weighted by atomic mass is 10.2. The molecular weight excluding hydrogens is 454 g/mol. The molecule has 0 aromatic carbocycles. The number of pyridine rings is 1. The highest BCUT2D eigenvalue weighted by Crippen LogP contribution is 2.28. The molecule has 1 N–H and O–H groups in total. The molecule has 3 aromatic rings. The van der Waals surface area contributed by atoms with Gasteiger partial charge < -0.3 is 9.88 Å². The predicted molar refractivity (Wildman–Crippen MR) is 112 cm³/mol. The number of aromatic nitrogens is 2. The van der Waals surface area contributed by atoms with Crippen molar-refractivity contribution < 1.29 is 13.6 Å². The van der Waals surface area contributed by atoms with Crippen LogP contribution in [0, 0.1) is 30.1 Å². The minimum atomic E-state index is -2.79. The zero-order valence-electron chi connectivity index (χ0n) is 15.2. The molecule has 0 saturated carbocycles. The molecule has 0 unspecified atom stereocenters. The van der Waals surface area contributed by atoms with E-state index in [4.69, 9.17) is 16.9 Å². The van der Waals surface area contributed by atoms with Crippen LogP contribution >= 0.6 is 34.5 Å². The number of hydrogen-bond donors (Lipinski definition) is 1. The Morgan fingerprint density at radius 3 is 2.73 bits per heavy atom. The Labute approximate surface area is 182 Å². The van der Waals surface area contributed by atoms with Gasteiger partial charge in [0.05, 0.1) is 33.2 Å². The van der Waals surface area contributed by atoms with Crippen LogP contribution in [-0.4, -0.2) is 21.3 Å². The van der Waals surface area contributed by atoms with Gasteiger partial charge in [0.25, 0.3) is 17.9 Å². The Morgan fingerprint density at radius 1 is 1.33 bits per heavy atom. The second kappa shape index (κ2) is 9.18. The molecule has 3 aromatic heterocycles. The molecule has 0 saturated heterocycles. The highest BCUT2D eigenvalue weighted by atomic mass is 35.5. The molecule has 0 spiro atoms. The number of thiophene rings is 1. The Balaban J connectivity index is 1.84. The molecule has 0 atom stereocenters. The van der Waals surface area contributed by atoms with E-state index in [1.807, 2.05) is 13.0 Å². The first kappa shape index (κ1) is 21.7. The normalized spacial score (nSPS) is 10.4. The topological polar surface area (TPSA) is 87.8 Å². The lowest BCUT2D eigenvalue weighted by Gasteiger charge is -2.09. The summed E-state index contributed by atoms with van der Waals surface area (Å²) in [6, 6.07) is 6.10. The van der Waals surface area contributed by atoms with Crippen LogP contribution in [0.25, 0.3) is 0 Å². The number of halogens is 3. The zero-order chi connectivity index (χ0) is 21.8. The Kier molecular flexibility index (Phi) is 6.63. The van der Waals surface area contributed by atoms with Crippen molar-refractivity contribution in [3.63, 3.8) is 0 Å². The third-order valence-corrected chi connectivity index (χ3v) is 5.81. The van der Waals surface area contributed by atoms with Crippen LogP contribution in [0.1, 0.15) is 31.4 Å². The van der Waals surface area contributed by atoms with Crippen molar-refractivity contribution in [2.45, 2.75) is 19.9 Å². The largest absolute Gasteiger partial charge is 0.320 e. The summed E-state index contributed by atoms with van der Waals surface area (Å²) in [7, 11) is 0. The fraction of sp³-hybridized carbons (Fsp3) is 0.158. The molecule has 0 bridgehead atoms. The SMILES string of the molecule is Cc1cc(C#Cc2cc(C(=O)Nc3cc(C#N)c(=O)n(CC(F)F)c3)sc2Cl)sn1. The van der Waals surface area contributed by atoms with E-state index >= 15 is 0 Å². The number of alkyl halides is 2. The van der Waals surface area contributed by atoms with Crippen LogP contribution in [0.3, 0.4) is 0 Å². The molecule has 1 amide bonds. The van der Waals surface area contributed by atoms with E-state index in [1.54, 1.807) is 6.07 Å².